The second-order valence-corrected chi connectivity index (χ2v) is 3.00. The molecule has 0 atom stereocenters. The molecular weight excluding hydrogens is 136 g/mol. The normalized spacial score (nSPS) is 17.1. The van der Waals surface area contributed by atoms with Gasteiger partial charge in [-0.05, 0) is 31.2 Å². The van der Waals surface area contributed by atoms with Gasteiger partial charge in [-0.2, -0.15) is 0 Å². The van der Waals surface area contributed by atoms with Gasteiger partial charge in [-0.15, -0.1) is 0 Å². The minimum Gasteiger partial charge on any atom is -0.233 e. The number of rotatable bonds is 0. The van der Waals surface area contributed by atoms with Crippen LogP contribution in [-0.2, 0) is 12.8 Å². The van der Waals surface area contributed by atoms with E-state index in [4.69, 9.17) is 0 Å². The van der Waals surface area contributed by atoms with Crippen LogP contribution in [0.5, 0.6) is 0 Å². The summed E-state index contributed by atoms with van der Waals surface area (Å²) in [6.45, 7) is 0. The summed E-state index contributed by atoms with van der Waals surface area (Å²) in [5.41, 5.74) is 2.55. The summed E-state index contributed by atoms with van der Waals surface area (Å²) in [5.74, 6) is 0. The number of nitrogens with zero attached hydrogens (tertiary/aromatic N) is 2. The Hall–Kier alpha value is -0.920. The molecule has 1 aromatic heterocycles. The van der Waals surface area contributed by atoms with Gasteiger partial charge < -0.3 is 0 Å². The Labute approximate surface area is 66.7 Å². The Kier molecular flexibility index (Phi) is 1.84. The van der Waals surface area contributed by atoms with Gasteiger partial charge in [0.1, 0.15) is 0 Å². The van der Waals surface area contributed by atoms with Crippen LogP contribution in [0.3, 0.4) is 0 Å². The van der Waals surface area contributed by atoms with E-state index >= 15 is 0 Å². The van der Waals surface area contributed by atoms with Crippen molar-refractivity contribution in [3.63, 3.8) is 0 Å². The van der Waals surface area contributed by atoms with Crippen LogP contribution < -0.4 is 0 Å². The summed E-state index contributed by atoms with van der Waals surface area (Å²) in [6.07, 6.45) is 10.7. The summed E-state index contributed by atoms with van der Waals surface area (Å²) < 4.78 is 0. The molecule has 0 spiro atoms. The molecule has 0 saturated heterocycles. The zero-order chi connectivity index (χ0) is 7.52. The second kappa shape index (κ2) is 2.99. The molecule has 1 radical (unpaired) electrons. The quantitative estimate of drug-likeness (QED) is 0.520. The van der Waals surface area contributed by atoms with Gasteiger partial charge in [0.2, 0.25) is 0 Å². The molecule has 0 aliphatic heterocycles. The SMILES string of the molecule is [c]1ncc2c(n1)CCCCC2. The van der Waals surface area contributed by atoms with Gasteiger partial charge in [-0.1, -0.05) is 6.42 Å². The molecule has 0 fully saturated rings. The maximum Gasteiger partial charge on any atom is 0.197 e. The molecule has 2 heteroatoms. The first-order valence-corrected chi connectivity index (χ1v) is 4.17. The average molecular weight is 147 g/mol. The standard InChI is InChI=1S/C9H11N2/c1-2-4-8-6-10-7-11-9(8)5-3-1/h6H,1-5H2. The van der Waals surface area contributed by atoms with E-state index in [0.717, 1.165) is 12.8 Å². The van der Waals surface area contributed by atoms with Gasteiger partial charge in [-0.25, -0.2) is 9.97 Å². The smallest absolute Gasteiger partial charge is 0.197 e. The zero-order valence-corrected chi connectivity index (χ0v) is 6.51. The van der Waals surface area contributed by atoms with Crippen molar-refractivity contribution in [1.29, 1.82) is 0 Å². The molecule has 0 N–H and O–H groups in total. The Morgan fingerprint density at radius 2 is 2.09 bits per heavy atom. The third-order valence-corrected chi connectivity index (χ3v) is 2.19. The molecule has 57 valence electrons. The Morgan fingerprint density at radius 1 is 1.18 bits per heavy atom. The van der Waals surface area contributed by atoms with Crippen LogP contribution in [0.4, 0.5) is 0 Å². The fourth-order valence-electron chi connectivity index (χ4n) is 1.55. The van der Waals surface area contributed by atoms with E-state index in [9.17, 15) is 0 Å². The van der Waals surface area contributed by atoms with Crippen LogP contribution in [0.25, 0.3) is 0 Å². The first-order chi connectivity index (χ1) is 5.47. The van der Waals surface area contributed by atoms with Crippen molar-refractivity contribution < 1.29 is 0 Å². The van der Waals surface area contributed by atoms with Crippen LogP contribution in [0, 0.1) is 6.33 Å². The summed E-state index contributed by atoms with van der Waals surface area (Å²) in [6, 6.07) is 0. The van der Waals surface area contributed by atoms with E-state index < -0.39 is 0 Å². The lowest BCUT2D eigenvalue weighted by Crippen LogP contribution is -1.95. The molecule has 1 aromatic rings. The summed E-state index contributed by atoms with van der Waals surface area (Å²) in [7, 11) is 0. The average Bonchev–Trinajstić information content (AvgIpc) is 2.28. The van der Waals surface area contributed by atoms with Crippen molar-refractivity contribution in [3.05, 3.63) is 23.8 Å². The largest absolute Gasteiger partial charge is 0.233 e. The molecule has 0 unspecified atom stereocenters. The van der Waals surface area contributed by atoms with Crippen molar-refractivity contribution in [3.8, 4) is 0 Å². The summed E-state index contributed by atoms with van der Waals surface area (Å²) in [5, 5.41) is 0. The highest BCUT2D eigenvalue weighted by molar-refractivity contribution is 5.16. The molecule has 1 heterocycles. The number of aryl methyl sites for hydroxylation is 2. The lowest BCUT2D eigenvalue weighted by atomic mass is 10.1. The topological polar surface area (TPSA) is 25.8 Å². The van der Waals surface area contributed by atoms with Crippen LogP contribution in [0.1, 0.15) is 30.5 Å². The van der Waals surface area contributed by atoms with Gasteiger partial charge in [0, 0.05) is 11.9 Å². The van der Waals surface area contributed by atoms with Crippen molar-refractivity contribution in [2.75, 3.05) is 0 Å². The summed E-state index contributed by atoms with van der Waals surface area (Å²) >= 11 is 0. The molecule has 2 rings (SSSR count). The molecule has 0 saturated carbocycles. The third kappa shape index (κ3) is 1.39. The molecule has 0 aromatic carbocycles. The highest BCUT2D eigenvalue weighted by atomic mass is 14.8. The maximum atomic E-state index is 4.14. The van der Waals surface area contributed by atoms with Crippen molar-refractivity contribution in [1.82, 2.24) is 9.97 Å². The van der Waals surface area contributed by atoms with E-state index in [1.165, 1.54) is 30.5 Å². The highest BCUT2D eigenvalue weighted by Gasteiger charge is 2.07. The van der Waals surface area contributed by atoms with Crippen LogP contribution >= 0.6 is 0 Å². The molecule has 2 nitrogen and oxygen atoms in total. The van der Waals surface area contributed by atoms with Crippen LogP contribution in [0.15, 0.2) is 6.20 Å². The van der Waals surface area contributed by atoms with Gasteiger partial charge >= 0.3 is 0 Å². The minimum absolute atomic E-state index is 1.12. The first kappa shape index (κ1) is 6.77. The number of fused-ring (bicyclic) bond motifs is 1. The fraction of sp³-hybridized carbons (Fsp3) is 0.556. The van der Waals surface area contributed by atoms with E-state index in [0.29, 0.717) is 0 Å². The van der Waals surface area contributed by atoms with Crippen molar-refractivity contribution >= 4 is 0 Å². The molecule has 11 heavy (non-hydrogen) atoms. The Balaban J connectivity index is 2.33. The number of hydrogen-bond acceptors (Lipinski definition) is 2. The van der Waals surface area contributed by atoms with E-state index in [2.05, 4.69) is 16.3 Å². The molecule has 1 aliphatic rings. The highest BCUT2D eigenvalue weighted by Crippen LogP contribution is 2.16. The lowest BCUT2D eigenvalue weighted by molar-refractivity contribution is 0.708. The molecule has 0 bridgehead atoms. The molecular formula is C9H11N2. The summed E-state index contributed by atoms with van der Waals surface area (Å²) in [4.78, 5) is 8.05. The maximum absolute atomic E-state index is 4.14. The molecule has 1 aliphatic carbocycles. The Bertz CT molecular complexity index is 220. The van der Waals surface area contributed by atoms with E-state index in [1.807, 2.05) is 6.20 Å². The van der Waals surface area contributed by atoms with Crippen molar-refractivity contribution in [2.24, 2.45) is 0 Å². The van der Waals surface area contributed by atoms with Gasteiger partial charge in [0.05, 0.1) is 0 Å². The van der Waals surface area contributed by atoms with Gasteiger partial charge in [0.15, 0.2) is 6.33 Å². The predicted molar refractivity (Wildman–Crippen MR) is 42.1 cm³/mol. The van der Waals surface area contributed by atoms with E-state index in [-0.39, 0.29) is 0 Å². The Morgan fingerprint density at radius 3 is 3.09 bits per heavy atom. The second-order valence-electron chi connectivity index (χ2n) is 3.00. The van der Waals surface area contributed by atoms with Gasteiger partial charge in [-0.3, -0.25) is 0 Å². The van der Waals surface area contributed by atoms with Gasteiger partial charge in [0.25, 0.3) is 0 Å². The van der Waals surface area contributed by atoms with Crippen LogP contribution in [0.2, 0.25) is 0 Å². The monoisotopic (exact) mass is 147 g/mol. The predicted octanol–water partition coefficient (Wildman–Crippen LogP) is 1.55. The third-order valence-electron chi connectivity index (χ3n) is 2.19. The lowest BCUT2D eigenvalue weighted by Gasteiger charge is -1.99. The number of aromatic nitrogens is 2. The minimum atomic E-state index is 1.12. The van der Waals surface area contributed by atoms with Crippen molar-refractivity contribution in [2.45, 2.75) is 32.1 Å². The van der Waals surface area contributed by atoms with E-state index in [1.54, 1.807) is 0 Å². The first-order valence-electron chi connectivity index (χ1n) is 4.17. The molecule has 0 amide bonds. The van der Waals surface area contributed by atoms with Crippen LogP contribution in [-0.4, -0.2) is 9.97 Å². The zero-order valence-electron chi connectivity index (χ0n) is 6.51. The number of hydrogen-bond donors (Lipinski definition) is 0. The fourth-order valence-corrected chi connectivity index (χ4v) is 1.55.